The minimum Gasteiger partial charge on any atom is -0.349 e. The van der Waals surface area contributed by atoms with E-state index in [0.717, 1.165) is 51.0 Å². The number of carbonyl (C=O) groups excluding carboxylic acids is 2. The second-order valence-corrected chi connectivity index (χ2v) is 11.2. The van der Waals surface area contributed by atoms with Gasteiger partial charge in [-0.1, -0.05) is 19.9 Å². The molecule has 7 atom stereocenters. The van der Waals surface area contributed by atoms with Gasteiger partial charge >= 0.3 is 0 Å². The molecule has 0 spiro atoms. The summed E-state index contributed by atoms with van der Waals surface area (Å²) in [6.45, 7) is 4.69. The highest BCUT2D eigenvalue weighted by atomic mass is 19.2. The average molecular weight is 445 g/mol. The van der Waals surface area contributed by atoms with Gasteiger partial charge in [-0.2, -0.15) is 0 Å². The quantitative estimate of drug-likeness (QED) is 0.703. The molecule has 0 bridgehead atoms. The van der Waals surface area contributed by atoms with E-state index in [0.29, 0.717) is 30.2 Å². The second-order valence-electron chi connectivity index (χ2n) is 11.2. The summed E-state index contributed by atoms with van der Waals surface area (Å²) >= 11 is 0. The summed E-state index contributed by atoms with van der Waals surface area (Å²) in [5.74, 6) is -0.580. The molecule has 4 fully saturated rings. The number of piperidine rings is 1. The Bertz CT molecular complexity index is 952. The molecule has 1 aromatic carbocycles. The van der Waals surface area contributed by atoms with Crippen LogP contribution in [-0.4, -0.2) is 35.8 Å². The standard InChI is InChI=1S/C26H34F2N2O2/c1-25-13-11-18-15(7-10-21-26(18,2)14-12-22(31)30(21)3)17(25)8-9-20(25)29-24(32)16-5-4-6-19(27)23(16)28/h4-6,15,17-18,20-21H,7-14H2,1-3H3,(H,29,32)/t15-,17-,18-,20?,21+,25-,26+/m0/s1. The fourth-order valence-corrected chi connectivity index (χ4v) is 8.30. The van der Waals surface area contributed by atoms with Gasteiger partial charge in [0.2, 0.25) is 5.91 Å². The monoisotopic (exact) mass is 444 g/mol. The number of amides is 2. The summed E-state index contributed by atoms with van der Waals surface area (Å²) < 4.78 is 27.8. The summed E-state index contributed by atoms with van der Waals surface area (Å²) in [6, 6.07) is 4.07. The van der Waals surface area contributed by atoms with Crippen molar-refractivity contribution in [2.45, 2.75) is 77.3 Å². The summed E-state index contributed by atoms with van der Waals surface area (Å²) in [4.78, 5) is 27.2. The van der Waals surface area contributed by atoms with Crippen molar-refractivity contribution in [3.8, 4) is 0 Å². The van der Waals surface area contributed by atoms with Gasteiger partial charge < -0.3 is 10.2 Å². The SMILES string of the molecule is CN1C(=O)CC[C@]2(C)[C@H]3CC[C@]4(C)C(NC(=O)c5cccc(F)c5F)CC[C@H]4[C@@H]3CC[C@@H]12. The Balaban J connectivity index is 1.36. The molecular weight excluding hydrogens is 410 g/mol. The van der Waals surface area contributed by atoms with E-state index >= 15 is 0 Å². The molecule has 4 nitrogen and oxygen atoms in total. The number of halogens is 2. The maximum atomic E-state index is 14.2. The molecule has 174 valence electrons. The molecule has 1 aliphatic heterocycles. The highest BCUT2D eigenvalue weighted by Crippen LogP contribution is 2.64. The Kier molecular flexibility index (Phi) is 5.14. The van der Waals surface area contributed by atoms with E-state index in [2.05, 4.69) is 19.2 Å². The normalized spacial score (nSPS) is 41.0. The summed E-state index contributed by atoms with van der Waals surface area (Å²) in [6.07, 6.45) is 7.87. The van der Waals surface area contributed by atoms with Crippen LogP contribution in [0.25, 0.3) is 0 Å². The first-order valence-electron chi connectivity index (χ1n) is 12.2. The van der Waals surface area contributed by atoms with E-state index < -0.39 is 17.5 Å². The van der Waals surface area contributed by atoms with Crippen LogP contribution < -0.4 is 5.32 Å². The molecule has 4 aliphatic rings. The maximum Gasteiger partial charge on any atom is 0.254 e. The zero-order valence-electron chi connectivity index (χ0n) is 19.3. The third kappa shape index (κ3) is 3.04. The Morgan fingerprint density at radius 2 is 1.78 bits per heavy atom. The molecule has 0 radical (unpaired) electrons. The van der Waals surface area contributed by atoms with Crippen molar-refractivity contribution in [2.75, 3.05) is 7.05 Å². The highest BCUT2D eigenvalue weighted by molar-refractivity contribution is 5.94. The van der Waals surface area contributed by atoms with Gasteiger partial charge in [-0.05, 0) is 85.7 Å². The van der Waals surface area contributed by atoms with Crippen molar-refractivity contribution < 1.29 is 18.4 Å². The number of fused-ring (bicyclic) bond motifs is 5. The maximum absolute atomic E-state index is 14.2. The van der Waals surface area contributed by atoms with Crippen LogP contribution in [0.1, 0.15) is 75.6 Å². The highest BCUT2D eigenvalue weighted by Gasteiger charge is 2.61. The lowest BCUT2D eigenvalue weighted by molar-refractivity contribution is -0.157. The average Bonchev–Trinajstić information content (AvgIpc) is 3.09. The van der Waals surface area contributed by atoms with Crippen molar-refractivity contribution in [3.63, 3.8) is 0 Å². The molecule has 3 aliphatic carbocycles. The minimum atomic E-state index is -1.07. The smallest absolute Gasteiger partial charge is 0.254 e. The number of nitrogens with zero attached hydrogens (tertiary/aromatic N) is 1. The molecule has 1 unspecified atom stereocenters. The summed E-state index contributed by atoms with van der Waals surface area (Å²) in [5, 5.41) is 3.08. The zero-order chi connectivity index (χ0) is 22.8. The van der Waals surface area contributed by atoms with E-state index in [1.165, 1.54) is 12.1 Å². The lowest BCUT2D eigenvalue weighted by Gasteiger charge is -2.61. The fourth-order valence-electron chi connectivity index (χ4n) is 8.30. The van der Waals surface area contributed by atoms with Crippen LogP contribution in [-0.2, 0) is 4.79 Å². The molecule has 32 heavy (non-hydrogen) atoms. The van der Waals surface area contributed by atoms with Gasteiger partial charge in [-0.25, -0.2) is 8.78 Å². The molecule has 6 heteroatoms. The second kappa shape index (κ2) is 7.53. The first kappa shape index (κ1) is 21.8. The predicted molar refractivity (Wildman–Crippen MR) is 118 cm³/mol. The number of hydrogen-bond acceptors (Lipinski definition) is 2. The van der Waals surface area contributed by atoms with Crippen LogP contribution in [0.4, 0.5) is 8.78 Å². The molecule has 0 aromatic heterocycles. The lowest BCUT2D eigenvalue weighted by Crippen LogP contribution is -2.62. The molecule has 2 amide bonds. The van der Waals surface area contributed by atoms with Crippen LogP contribution in [0.15, 0.2) is 18.2 Å². The van der Waals surface area contributed by atoms with Gasteiger partial charge in [0.1, 0.15) is 0 Å². The van der Waals surface area contributed by atoms with Gasteiger partial charge in [0.25, 0.3) is 5.91 Å². The van der Waals surface area contributed by atoms with E-state index in [4.69, 9.17) is 0 Å². The topological polar surface area (TPSA) is 49.4 Å². The number of rotatable bonds is 2. The Labute approximate surface area is 189 Å². The van der Waals surface area contributed by atoms with Gasteiger partial charge in [-0.3, -0.25) is 9.59 Å². The van der Waals surface area contributed by atoms with Crippen molar-refractivity contribution in [1.82, 2.24) is 10.2 Å². The summed E-state index contributed by atoms with van der Waals surface area (Å²) in [5.41, 5.74) is -0.0762. The van der Waals surface area contributed by atoms with Gasteiger partial charge in [0.15, 0.2) is 11.6 Å². The number of likely N-dealkylation sites (tertiary alicyclic amines) is 1. The minimum absolute atomic E-state index is 0.0234. The largest absolute Gasteiger partial charge is 0.349 e. The summed E-state index contributed by atoms with van der Waals surface area (Å²) in [7, 11) is 1.98. The third-order valence-corrected chi connectivity index (χ3v) is 10.1. The van der Waals surface area contributed by atoms with E-state index in [-0.39, 0.29) is 28.3 Å². The zero-order valence-corrected chi connectivity index (χ0v) is 19.3. The van der Waals surface area contributed by atoms with Crippen molar-refractivity contribution in [3.05, 3.63) is 35.4 Å². The van der Waals surface area contributed by atoms with E-state index in [1.807, 2.05) is 11.9 Å². The number of carbonyl (C=O) groups is 2. The third-order valence-electron chi connectivity index (χ3n) is 10.1. The number of benzene rings is 1. The molecule has 1 saturated heterocycles. The van der Waals surface area contributed by atoms with Crippen LogP contribution >= 0.6 is 0 Å². The van der Waals surface area contributed by atoms with Crippen molar-refractivity contribution in [1.29, 1.82) is 0 Å². The number of nitrogens with one attached hydrogen (secondary N) is 1. The first-order valence-corrected chi connectivity index (χ1v) is 12.2. The van der Waals surface area contributed by atoms with Crippen LogP contribution in [0, 0.1) is 40.2 Å². The fraction of sp³-hybridized carbons (Fsp3) is 0.692. The molecule has 1 N–H and O–H groups in total. The molecule has 3 saturated carbocycles. The number of hydrogen-bond donors (Lipinski definition) is 1. The Hall–Kier alpha value is -1.98. The Morgan fingerprint density at radius 3 is 2.56 bits per heavy atom. The Morgan fingerprint density at radius 1 is 1.03 bits per heavy atom. The van der Waals surface area contributed by atoms with E-state index in [9.17, 15) is 18.4 Å². The van der Waals surface area contributed by atoms with E-state index in [1.54, 1.807) is 0 Å². The van der Waals surface area contributed by atoms with Crippen LogP contribution in [0.3, 0.4) is 0 Å². The first-order chi connectivity index (χ1) is 15.2. The van der Waals surface area contributed by atoms with Crippen LogP contribution in [0.5, 0.6) is 0 Å². The predicted octanol–water partition coefficient (Wildman–Crippen LogP) is 4.93. The van der Waals surface area contributed by atoms with Gasteiger partial charge in [0.05, 0.1) is 5.56 Å². The van der Waals surface area contributed by atoms with Crippen LogP contribution in [0.2, 0.25) is 0 Å². The molecule has 1 aromatic rings. The van der Waals surface area contributed by atoms with Crippen molar-refractivity contribution in [2.24, 2.45) is 28.6 Å². The molecule has 1 heterocycles. The van der Waals surface area contributed by atoms with Crippen molar-refractivity contribution >= 4 is 11.8 Å². The van der Waals surface area contributed by atoms with Gasteiger partial charge in [-0.15, -0.1) is 0 Å². The van der Waals surface area contributed by atoms with Gasteiger partial charge in [0, 0.05) is 25.6 Å². The molecular formula is C26H34F2N2O2. The lowest BCUT2D eigenvalue weighted by atomic mass is 9.47. The molecule has 5 rings (SSSR count).